The van der Waals surface area contributed by atoms with E-state index in [0.717, 1.165) is 24.3 Å². The number of hydrogen-bond acceptors (Lipinski definition) is 3. The summed E-state index contributed by atoms with van der Waals surface area (Å²) in [5.74, 6) is 1.48. The van der Waals surface area contributed by atoms with Crippen molar-refractivity contribution in [1.82, 2.24) is 0 Å². The van der Waals surface area contributed by atoms with E-state index in [4.69, 9.17) is 9.47 Å². The molecular weight excluding hydrogens is 204 g/mol. The Kier molecular flexibility index (Phi) is 2.04. The van der Waals surface area contributed by atoms with Gasteiger partial charge in [-0.05, 0) is 36.6 Å². The lowest BCUT2D eigenvalue weighted by Crippen LogP contribution is -2.19. The third-order valence-electron chi connectivity index (χ3n) is 3.72. The molecule has 0 N–H and O–H groups in total. The van der Waals surface area contributed by atoms with Crippen LogP contribution in [0.25, 0.3) is 0 Å². The molecule has 1 saturated heterocycles. The molecule has 84 valence electrons. The fourth-order valence-corrected chi connectivity index (χ4v) is 2.53. The van der Waals surface area contributed by atoms with Gasteiger partial charge in [-0.25, -0.2) is 0 Å². The summed E-state index contributed by atoms with van der Waals surface area (Å²) >= 11 is 0. The average Bonchev–Trinajstić information content (AvgIpc) is 2.91. The summed E-state index contributed by atoms with van der Waals surface area (Å²) in [7, 11) is 1.62. The van der Waals surface area contributed by atoms with Gasteiger partial charge in [0.2, 0.25) is 0 Å². The van der Waals surface area contributed by atoms with E-state index in [0.29, 0.717) is 12.5 Å². The highest BCUT2D eigenvalue weighted by atomic mass is 16.5. The Labute approximate surface area is 94.4 Å². The van der Waals surface area contributed by atoms with Gasteiger partial charge in [0, 0.05) is 5.56 Å². The Morgan fingerprint density at radius 2 is 2.19 bits per heavy atom. The van der Waals surface area contributed by atoms with E-state index >= 15 is 0 Å². The molecule has 3 heteroatoms. The fraction of sp³-hybridized carbons (Fsp3) is 0.462. The largest absolute Gasteiger partial charge is 0.497 e. The molecule has 2 aliphatic rings. The standard InChI is InChI=1S/C13H14O3/c1-15-11-4-2-9(3-5-11)12(14)13-6-10(13)7-16-8-13/h2-5,10H,6-8H2,1H3. The Bertz CT molecular complexity index is 423. The molecular formula is C13H14O3. The van der Waals surface area contributed by atoms with Crippen molar-refractivity contribution in [3.8, 4) is 5.75 Å². The lowest BCUT2D eigenvalue weighted by atomic mass is 9.94. The van der Waals surface area contributed by atoms with Gasteiger partial charge in [-0.2, -0.15) is 0 Å². The number of methoxy groups -OCH3 is 1. The first kappa shape index (κ1) is 9.85. The minimum atomic E-state index is -0.186. The number of benzene rings is 1. The molecule has 0 radical (unpaired) electrons. The van der Waals surface area contributed by atoms with Crippen molar-refractivity contribution in [2.75, 3.05) is 20.3 Å². The molecule has 16 heavy (non-hydrogen) atoms. The van der Waals surface area contributed by atoms with Crippen molar-refractivity contribution in [3.05, 3.63) is 29.8 Å². The number of fused-ring (bicyclic) bond motifs is 1. The normalized spacial score (nSPS) is 30.9. The minimum Gasteiger partial charge on any atom is -0.497 e. The topological polar surface area (TPSA) is 35.5 Å². The zero-order chi connectivity index (χ0) is 11.2. The molecule has 0 bridgehead atoms. The van der Waals surface area contributed by atoms with Crippen LogP contribution in [0.4, 0.5) is 0 Å². The van der Waals surface area contributed by atoms with E-state index < -0.39 is 0 Å². The molecule has 3 rings (SSSR count). The van der Waals surface area contributed by atoms with Crippen molar-refractivity contribution in [1.29, 1.82) is 0 Å². The second kappa shape index (κ2) is 3.32. The molecule has 1 aromatic rings. The number of hydrogen-bond donors (Lipinski definition) is 0. The van der Waals surface area contributed by atoms with Crippen molar-refractivity contribution >= 4 is 5.78 Å². The molecule has 2 atom stereocenters. The predicted molar refractivity (Wildman–Crippen MR) is 58.7 cm³/mol. The van der Waals surface area contributed by atoms with Crippen LogP contribution in [-0.4, -0.2) is 26.1 Å². The average molecular weight is 218 g/mol. The van der Waals surface area contributed by atoms with Crippen LogP contribution in [0.2, 0.25) is 0 Å². The van der Waals surface area contributed by atoms with Gasteiger partial charge in [0.1, 0.15) is 5.75 Å². The Hall–Kier alpha value is -1.35. The maximum absolute atomic E-state index is 12.3. The van der Waals surface area contributed by atoms with Crippen LogP contribution >= 0.6 is 0 Å². The number of Topliss-reactive ketones (excluding diaryl/α,β-unsaturated/α-hetero) is 1. The fourth-order valence-electron chi connectivity index (χ4n) is 2.53. The van der Waals surface area contributed by atoms with E-state index in [9.17, 15) is 4.79 Å². The van der Waals surface area contributed by atoms with E-state index in [1.165, 1.54) is 0 Å². The van der Waals surface area contributed by atoms with Gasteiger partial charge in [0.25, 0.3) is 0 Å². The Morgan fingerprint density at radius 3 is 2.69 bits per heavy atom. The quantitative estimate of drug-likeness (QED) is 0.727. The smallest absolute Gasteiger partial charge is 0.171 e. The number of ketones is 1. The van der Waals surface area contributed by atoms with Gasteiger partial charge in [0.15, 0.2) is 5.78 Å². The summed E-state index contributed by atoms with van der Waals surface area (Å²) in [6.07, 6.45) is 0.998. The van der Waals surface area contributed by atoms with Crippen LogP contribution in [-0.2, 0) is 4.74 Å². The maximum atomic E-state index is 12.3. The lowest BCUT2D eigenvalue weighted by molar-refractivity contribution is 0.0829. The number of carbonyl (C=O) groups is 1. The molecule has 0 aromatic heterocycles. The van der Waals surface area contributed by atoms with Gasteiger partial charge in [0.05, 0.1) is 25.7 Å². The van der Waals surface area contributed by atoms with Gasteiger partial charge < -0.3 is 9.47 Å². The van der Waals surface area contributed by atoms with E-state index in [1.54, 1.807) is 7.11 Å². The molecule has 0 amide bonds. The summed E-state index contributed by atoms with van der Waals surface area (Å²) in [6, 6.07) is 7.33. The highest BCUT2D eigenvalue weighted by Crippen LogP contribution is 2.58. The Balaban J connectivity index is 1.84. The van der Waals surface area contributed by atoms with E-state index in [1.807, 2.05) is 24.3 Å². The summed E-state index contributed by atoms with van der Waals surface area (Å²) in [5, 5.41) is 0. The number of rotatable bonds is 3. The van der Waals surface area contributed by atoms with Gasteiger partial charge in [-0.1, -0.05) is 0 Å². The second-order valence-corrected chi connectivity index (χ2v) is 4.63. The van der Waals surface area contributed by atoms with Gasteiger partial charge in [-0.3, -0.25) is 4.79 Å². The first-order chi connectivity index (χ1) is 7.76. The monoisotopic (exact) mass is 218 g/mol. The predicted octanol–water partition coefficient (Wildman–Crippen LogP) is 1.91. The molecule has 0 spiro atoms. The third kappa shape index (κ3) is 1.28. The van der Waals surface area contributed by atoms with Crippen LogP contribution in [0.1, 0.15) is 16.8 Å². The molecule has 1 aromatic carbocycles. The van der Waals surface area contributed by atoms with Crippen LogP contribution in [0, 0.1) is 11.3 Å². The van der Waals surface area contributed by atoms with E-state index in [-0.39, 0.29) is 11.2 Å². The van der Waals surface area contributed by atoms with Crippen molar-refractivity contribution in [3.63, 3.8) is 0 Å². The molecule has 1 saturated carbocycles. The highest BCUT2D eigenvalue weighted by molar-refractivity contribution is 6.03. The van der Waals surface area contributed by atoms with Crippen LogP contribution in [0.5, 0.6) is 5.75 Å². The highest BCUT2D eigenvalue weighted by Gasteiger charge is 2.63. The lowest BCUT2D eigenvalue weighted by Gasteiger charge is -2.10. The van der Waals surface area contributed by atoms with Crippen molar-refractivity contribution < 1.29 is 14.3 Å². The zero-order valence-corrected chi connectivity index (χ0v) is 9.23. The molecule has 1 aliphatic carbocycles. The van der Waals surface area contributed by atoms with Crippen LogP contribution in [0.15, 0.2) is 24.3 Å². The summed E-state index contributed by atoms with van der Waals surface area (Å²) < 4.78 is 10.4. The summed E-state index contributed by atoms with van der Waals surface area (Å²) in [4.78, 5) is 12.3. The summed E-state index contributed by atoms with van der Waals surface area (Å²) in [6.45, 7) is 1.35. The SMILES string of the molecule is COc1ccc(C(=O)C23COCC2C3)cc1. The van der Waals surface area contributed by atoms with Crippen molar-refractivity contribution in [2.45, 2.75) is 6.42 Å². The molecule has 1 aliphatic heterocycles. The third-order valence-corrected chi connectivity index (χ3v) is 3.72. The first-order valence-corrected chi connectivity index (χ1v) is 5.53. The van der Waals surface area contributed by atoms with Crippen LogP contribution in [0.3, 0.4) is 0 Å². The minimum absolute atomic E-state index is 0.186. The van der Waals surface area contributed by atoms with Crippen molar-refractivity contribution in [2.24, 2.45) is 11.3 Å². The number of ether oxygens (including phenoxy) is 2. The molecule has 3 nitrogen and oxygen atoms in total. The van der Waals surface area contributed by atoms with Crippen LogP contribution < -0.4 is 4.74 Å². The first-order valence-electron chi connectivity index (χ1n) is 5.53. The number of carbonyl (C=O) groups excluding carboxylic acids is 1. The van der Waals surface area contributed by atoms with Gasteiger partial charge >= 0.3 is 0 Å². The maximum Gasteiger partial charge on any atom is 0.171 e. The molecule has 2 unspecified atom stereocenters. The zero-order valence-electron chi connectivity index (χ0n) is 9.23. The Morgan fingerprint density at radius 1 is 1.44 bits per heavy atom. The van der Waals surface area contributed by atoms with Gasteiger partial charge in [-0.15, -0.1) is 0 Å². The summed E-state index contributed by atoms with van der Waals surface area (Å²) in [5.41, 5.74) is 0.586. The molecule has 2 fully saturated rings. The van der Waals surface area contributed by atoms with E-state index in [2.05, 4.69) is 0 Å². The molecule has 1 heterocycles. The second-order valence-electron chi connectivity index (χ2n) is 4.63.